The molecule has 0 radical (unpaired) electrons. The minimum atomic E-state index is -0.998. The Hall–Kier alpha value is -1.64. The van der Waals surface area contributed by atoms with Crippen LogP contribution < -0.4 is 5.32 Å². The second-order valence-electron chi connectivity index (χ2n) is 6.17. The molecule has 1 unspecified atom stereocenters. The molecule has 1 N–H and O–H groups in total. The van der Waals surface area contributed by atoms with Crippen LogP contribution in [0.3, 0.4) is 0 Å². The Morgan fingerprint density at radius 1 is 1.38 bits per heavy atom. The number of hydrogen-bond donors (Lipinski definition) is 1. The van der Waals surface area contributed by atoms with Crippen molar-refractivity contribution in [3.8, 4) is 0 Å². The fourth-order valence-electron chi connectivity index (χ4n) is 2.99. The molecular weight excluding hydrogens is 378 g/mol. The first-order valence-corrected chi connectivity index (χ1v) is 9.50. The third-order valence-electron chi connectivity index (χ3n) is 4.49. The number of esters is 1. The van der Waals surface area contributed by atoms with Gasteiger partial charge in [-0.25, -0.2) is 4.79 Å². The molecule has 1 aromatic rings. The number of hydrogen-bond acceptors (Lipinski definition) is 7. The number of benzene rings is 1. The minimum absolute atomic E-state index is 0.173. The van der Waals surface area contributed by atoms with Gasteiger partial charge in [0.25, 0.3) is 5.91 Å². The van der Waals surface area contributed by atoms with Gasteiger partial charge in [0.05, 0.1) is 21.9 Å². The summed E-state index contributed by atoms with van der Waals surface area (Å²) >= 11 is 6.89. The molecule has 1 amide bonds. The highest BCUT2D eigenvalue weighted by Crippen LogP contribution is 2.40. The van der Waals surface area contributed by atoms with Crippen LogP contribution in [-0.2, 0) is 9.53 Å². The number of nitrogens with zero attached hydrogens (tertiary/aromatic N) is 2. The predicted molar refractivity (Wildman–Crippen MR) is 102 cm³/mol. The van der Waals surface area contributed by atoms with Crippen LogP contribution in [0.5, 0.6) is 0 Å². The Balaban J connectivity index is 2.32. The van der Waals surface area contributed by atoms with Crippen LogP contribution in [0.2, 0.25) is 5.02 Å². The first-order chi connectivity index (χ1) is 12.4. The van der Waals surface area contributed by atoms with Crippen LogP contribution in [0.25, 0.3) is 0 Å². The van der Waals surface area contributed by atoms with Crippen LogP contribution in [-0.4, -0.2) is 54.3 Å². The second-order valence-corrected chi connectivity index (χ2v) is 7.72. The van der Waals surface area contributed by atoms with Crippen molar-refractivity contribution in [2.24, 2.45) is 4.58 Å². The number of nitroso groups, excluding NO2 is 1. The maximum Gasteiger partial charge on any atom is 0.330 e. The average Bonchev–Trinajstić information content (AvgIpc) is 2.62. The lowest BCUT2D eigenvalue weighted by atomic mass is 9.88. The summed E-state index contributed by atoms with van der Waals surface area (Å²) in [4.78, 5) is 38.5. The molecule has 1 atom stereocenters. The zero-order valence-corrected chi connectivity index (χ0v) is 16.3. The van der Waals surface area contributed by atoms with Crippen molar-refractivity contribution in [2.45, 2.75) is 30.6 Å². The number of carbonyl (C=O) groups excluding carboxylic acids is 2. The number of ether oxygens (including phenoxy) is 1. The van der Waals surface area contributed by atoms with E-state index in [1.807, 2.05) is 7.05 Å². The van der Waals surface area contributed by atoms with E-state index in [0.29, 0.717) is 25.9 Å². The summed E-state index contributed by atoms with van der Waals surface area (Å²) in [5.41, 5.74) is 0.260. The van der Waals surface area contributed by atoms with Gasteiger partial charge in [-0.2, -0.15) is 0 Å². The molecule has 0 aliphatic carbocycles. The average molecular weight is 400 g/mol. The molecule has 7 nitrogen and oxygen atoms in total. The number of nitrogens with one attached hydrogen (secondary N) is 1. The Labute approximate surface area is 161 Å². The van der Waals surface area contributed by atoms with E-state index < -0.39 is 22.7 Å². The summed E-state index contributed by atoms with van der Waals surface area (Å²) in [7, 11) is 1.96. The van der Waals surface area contributed by atoms with Crippen LogP contribution in [0.1, 0.15) is 30.1 Å². The van der Waals surface area contributed by atoms with Gasteiger partial charge in [0, 0.05) is 16.5 Å². The molecule has 0 saturated carbocycles. The summed E-state index contributed by atoms with van der Waals surface area (Å²) in [6, 6.07) is 5.58. The monoisotopic (exact) mass is 399 g/mol. The summed E-state index contributed by atoms with van der Waals surface area (Å²) < 4.78 is 7.30. The van der Waals surface area contributed by atoms with E-state index in [1.165, 1.54) is 0 Å². The van der Waals surface area contributed by atoms with Gasteiger partial charge in [-0.15, -0.1) is 4.91 Å². The Morgan fingerprint density at radius 2 is 2.04 bits per heavy atom. The highest BCUT2D eigenvalue weighted by atomic mass is 35.5. The van der Waals surface area contributed by atoms with Crippen LogP contribution in [0.15, 0.2) is 28.8 Å². The molecule has 9 heteroatoms. The van der Waals surface area contributed by atoms with Gasteiger partial charge in [-0.05, 0) is 52.0 Å². The SMILES string of the molecule is CCOC(=O)C(NC(=O)c1ccccc1Cl)C1(SN=O)CCN(C)CC1. The van der Waals surface area contributed by atoms with Crippen molar-refractivity contribution in [1.29, 1.82) is 0 Å². The summed E-state index contributed by atoms with van der Waals surface area (Å²) in [5.74, 6) is -1.06. The van der Waals surface area contributed by atoms with E-state index in [2.05, 4.69) is 14.8 Å². The van der Waals surface area contributed by atoms with Gasteiger partial charge in [-0.1, -0.05) is 23.7 Å². The van der Waals surface area contributed by atoms with Crippen molar-refractivity contribution in [1.82, 2.24) is 10.2 Å². The fourth-order valence-corrected chi connectivity index (χ4v) is 3.98. The maximum atomic E-state index is 12.7. The Morgan fingerprint density at radius 3 is 2.62 bits per heavy atom. The van der Waals surface area contributed by atoms with Crippen molar-refractivity contribution in [2.75, 3.05) is 26.7 Å². The summed E-state index contributed by atoms with van der Waals surface area (Å²) in [5, 5.41) is 3.02. The van der Waals surface area contributed by atoms with E-state index in [4.69, 9.17) is 16.3 Å². The highest BCUT2D eigenvalue weighted by molar-refractivity contribution is 7.99. The van der Waals surface area contributed by atoms with Gasteiger partial charge in [-0.3, -0.25) is 4.79 Å². The standard InChI is InChI=1S/C17H22ClN3O4S/c1-3-25-16(23)14(17(26-20-24)8-10-21(2)11-9-17)19-15(22)12-6-4-5-7-13(12)18/h4-7,14H,3,8-11H2,1-2H3,(H,19,22). The lowest BCUT2D eigenvalue weighted by Crippen LogP contribution is -2.59. The van der Waals surface area contributed by atoms with Crippen LogP contribution in [0.4, 0.5) is 0 Å². The third-order valence-corrected chi connectivity index (χ3v) is 5.91. The lowest BCUT2D eigenvalue weighted by Gasteiger charge is -2.42. The van der Waals surface area contributed by atoms with E-state index in [0.717, 1.165) is 11.9 Å². The molecule has 0 spiro atoms. The van der Waals surface area contributed by atoms with Crippen molar-refractivity contribution < 1.29 is 14.3 Å². The van der Waals surface area contributed by atoms with E-state index >= 15 is 0 Å². The maximum absolute atomic E-state index is 12.7. The van der Waals surface area contributed by atoms with Gasteiger partial charge in [0.2, 0.25) is 0 Å². The second kappa shape index (κ2) is 9.34. The van der Waals surface area contributed by atoms with Gasteiger partial charge in [0.1, 0.15) is 6.04 Å². The number of amides is 1. The summed E-state index contributed by atoms with van der Waals surface area (Å²) in [6.45, 7) is 3.23. The van der Waals surface area contributed by atoms with Crippen LogP contribution in [0, 0.1) is 4.91 Å². The van der Waals surface area contributed by atoms with Crippen molar-refractivity contribution in [3.63, 3.8) is 0 Å². The molecule has 1 aliphatic heterocycles. The third kappa shape index (κ3) is 4.75. The number of piperidine rings is 1. The largest absolute Gasteiger partial charge is 0.464 e. The molecular formula is C17H22ClN3O4S. The number of halogens is 1. The van der Waals surface area contributed by atoms with Gasteiger partial charge >= 0.3 is 5.97 Å². The zero-order valence-electron chi connectivity index (χ0n) is 14.7. The van der Waals surface area contributed by atoms with Gasteiger partial charge in [0.15, 0.2) is 0 Å². The lowest BCUT2D eigenvalue weighted by molar-refractivity contribution is -0.146. The predicted octanol–water partition coefficient (Wildman–Crippen LogP) is 2.88. The molecule has 1 fully saturated rings. The molecule has 1 aromatic carbocycles. The molecule has 142 valence electrons. The molecule has 26 heavy (non-hydrogen) atoms. The zero-order chi connectivity index (χ0) is 19.2. The van der Waals surface area contributed by atoms with Gasteiger partial charge < -0.3 is 15.0 Å². The van der Waals surface area contributed by atoms with E-state index in [1.54, 1.807) is 31.2 Å². The normalized spacial score (nSPS) is 18.0. The van der Waals surface area contributed by atoms with E-state index in [9.17, 15) is 14.5 Å². The molecule has 0 aromatic heterocycles. The smallest absolute Gasteiger partial charge is 0.330 e. The first kappa shape index (κ1) is 20.7. The quantitative estimate of drug-likeness (QED) is 0.431. The number of rotatable bonds is 7. The van der Waals surface area contributed by atoms with E-state index in [-0.39, 0.29) is 17.2 Å². The minimum Gasteiger partial charge on any atom is -0.464 e. The number of likely N-dealkylation sites (tertiary alicyclic amines) is 1. The fraction of sp³-hybridized carbons (Fsp3) is 0.529. The molecule has 2 rings (SSSR count). The highest BCUT2D eigenvalue weighted by Gasteiger charge is 2.48. The van der Waals surface area contributed by atoms with Crippen molar-refractivity contribution >= 4 is 35.4 Å². The topological polar surface area (TPSA) is 88.1 Å². The molecule has 0 bridgehead atoms. The Bertz CT molecular complexity index is 665. The molecule has 1 heterocycles. The first-order valence-electron chi connectivity index (χ1n) is 8.35. The molecule has 1 aliphatic rings. The van der Waals surface area contributed by atoms with Crippen molar-refractivity contribution in [3.05, 3.63) is 39.8 Å². The molecule has 1 saturated heterocycles. The summed E-state index contributed by atoms with van der Waals surface area (Å²) in [6.07, 6.45) is 1.04. The Kier molecular flexibility index (Phi) is 7.43. The van der Waals surface area contributed by atoms with Crippen LogP contribution >= 0.6 is 23.5 Å². The number of carbonyl (C=O) groups is 2.